The summed E-state index contributed by atoms with van der Waals surface area (Å²) in [5.41, 5.74) is 0.0104. The lowest BCUT2D eigenvalue weighted by atomic mass is 9.91. The van der Waals surface area contributed by atoms with Gasteiger partial charge in [0.2, 0.25) is 0 Å². The van der Waals surface area contributed by atoms with Crippen LogP contribution in [0, 0.1) is 5.41 Å². The number of rotatable bonds is 4. The first kappa shape index (κ1) is 11.8. The topological polar surface area (TPSA) is 0 Å². The summed E-state index contributed by atoms with van der Waals surface area (Å²) in [5.74, 6) is 1.20. The van der Waals surface area contributed by atoms with Crippen LogP contribution >= 0.6 is 50.5 Å². The second-order valence-electron chi connectivity index (χ2n) is 3.45. The van der Waals surface area contributed by atoms with Gasteiger partial charge in [-0.05, 0) is 39.2 Å². The van der Waals surface area contributed by atoms with Gasteiger partial charge in [-0.25, -0.2) is 0 Å². The molecule has 0 N–H and O–H groups in total. The minimum absolute atomic E-state index is 0.0104. The van der Waals surface area contributed by atoms with Crippen LogP contribution in [0.4, 0.5) is 0 Å². The van der Waals surface area contributed by atoms with Gasteiger partial charge in [0.1, 0.15) is 0 Å². The maximum absolute atomic E-state index is 5.88. The molecule has 0 aliphatic heterocycles. The molecule has 0 nitrogen and oxygen atoms in total. The molecule has 1 rings (SSSR count). The fraction of sp³-hybridized carbons (Fsp3) is 0.556. The highest BCUT2D eigenvalue weighted by Crippen LogP contribution is 2.32. The van der Waals surface area contributed by atoms with E-state index in [0.29, 0.717) is 11.8 Å². The Bertz CT molecular complexity index is 268. The predicted octanol–water partition coefficient (Wildman–Crippen LogP) is 4.54. The van der Waals surface area contributed by atoms with Gasteiger partial charge >= 0.3 is 0 Å². The third-order valence-electron chi connectivity index (χ3n) is 1.92. The van der Waals surface area contributed by atoms with Crippen molar-refractivity contribution in [2.45, 2.75) is 13.3 Å². The van der Waals surface area contributed by atoms with Crippen molar-refractivity contribution in [2.75, 3.05) is 11.8 Å². The molecule has 0 spiro atoms. The van der Waals surface area contributed by atoms with Crippen LogP contribution in [0.1, 0.15) is 11.8 Å². The van der Waals surface area contributed by atoms with E-state index < -0.39 is 0 Å². The molecular formula is C9H11BrCl2S. The van der Waals surface area contributed by atoms with Gasteiger partial charge < -0.3 is 0 Å². The average molecular weight is 302 g/mol. The molecule has 0 radical (unpaired) electrons. The van der Waals surface area contributed by atoms with E-state index in [4.69, 9.17) is 23.2 Å². The Balaban J connectivity index is 2.73. The number of hydrogen-bond donors (Lipinski definition) is 0. The van der Waals surface area contributed by atoms with E-state index in [9.17, 15) is 0 Å². The lowest BCUT2D eigenvalue weighted by Gasteiger charge is -2.23. The third kappa shape index (κ3) is 3.12. The van der Waals surface area contributed by atoms with Crippen LogP contribution in [0.2, 0.25) is 0 Å². The SMILES string of the molecule is CC(CCl)(CCl)Cc1sccc1Br. The molecule has 0 fully saturated rings. The second kappa shape index (κ2) is 5.01. The molecule has 0 unspecified atom stereocenters. The standard InChI is InChI=1S/C9H11BrCl2S/c1-9(5-11,6-12)4-8-7(10)2-3-13-8/h2-3H,4-6H2,1H3. The molecule has 13 heavy (non-hydrogen) atoms. The van der Waals surface area contributed by atoms with Crippen molar-refractivity contribution in [2.24, 2.45) is 5.41 Å². The number of thiophene rings is 1. The second-order valence-corrected chi connectivity index (χ2v) is 5.84. The Morgan fingerprint density at radius 3 is 2.46 bits per heavy atom. The van der Waals surface area contributed by atoms with Crippen molar-refractivity contribution < 1.29 is 0 Å². The zero-order valence-corrected chi connectivity index (χ0v) is 11.2. The molecule has 1 aromatic rings. The number of halogens is 3. The first-order valence-electron chi connectivity index (χ1n) is 3.95. The zero-order chi connectivity index (χ0) is 9.90. The lowest BCUT2D eigenvalue weighted by Crippen LogP contribution is -2.23. The maximum atomic E-state index is 5.88. The van der Waals surface area contributed by atoms with Crippen molar-refractivity contribution in [3.63, 3.8) is 0 Å². The average Bonchev–Trinajstić information content (AvgIpc) is 2.52. The summed E-state index contributed by atoms with van der Waals surface area (Å²) in [7, 11) is 0. The molecule has 0 aromatic carbocycles. The molecule has 1 heterocycles. The summed E-state index contributed by atoms with van der Waals surface area (Å²) in [6.07, 6.45) is 0.943. The molecule has 0 atom stereocenters. The largest absolute Gasteiger partial charge is 0.148 e. The van der Waals surface area contributed by atoms with Crippen molar-refractivity contribution in [3.05, 3.63) is 20.8 Å². The van der Waals surface area contributed by atoms with Crippen LogP contribution in [-0.2, 0) is 6.42 Å². The van der Waals surface area contributed by atoms with E-state index in [1.807, 2.05) is 0 Å². The Kier molecular flexibility index (Phi) is 4.56. The molecule has 4 heteroatoms. The Hall–Kier alpha value is 0.760. The Morgan fingerprint density at radius 2 is 2.08 bits per heavy atom. The van der Waals surface area contributed by atoms with Crippen LogP contribution in [0.15, 0.2) is 15.9 Å². The summed E-state index contributed by atoms with van der Waals surface area (Å²) >= 11 is 17.0. The summed E-state index contributed by atoms with van der Waals surface area (Å²) in [6.45, 7) is 2.11. The molecule has 0 amide bonds. The van der Waals surface area contributed by atoms with Crippen molar-refractivity contribution in [1.82, 2.24) is 0 Å². The molecule has 0 bridgehead atoms. The summed E-state index contributed by atoms with van der Waals surface area (Å²) in [6, 6.07) is 2.06. The van der Waals surface area contributed by atoms with Gasteiger partial charge in [-0.1, -0.05) is 6.92 Å². The van der Waals surface area contributed by atoms with E-state index in [1.54, 1.807) is 11.3 Å². The van der Waals surface area contributed by atoms with Gasteiger partial charge in [-0.3, -0.25) is 0 Å². The molecule has 0 aliphatic rings. The molecule has 1 aromatic heterocycles. The summed E-state index contributed by atoms with van der Waals surface area (Å²) in [5, 5.41) is 2.07. The molecule has 74 valence electrons. The number of alkyl halides is 2. The fourth-order valence-corrected chi connectivity index (χ4v) is 3.15. The molecule has 0 saturated heterocycles. The first-order chi connectivity index (χ1) is 6.11. The van der Waals surface area contributed by atoms with E-state index in [2.05, 4.69) is 34.3 Å². The highest BCUT2D eigenvalue weighted by Gasteiger charge is 2.24. The van der Waals surface area contributed by atoms with Gasteiger partial charge in [0.05, 0.1) is 0 Å². The minimum Gasteiger partial charge on any atom is -0.148 e. The first-order valence-corrected chi connectivity index (χ1v) is 6.69. The van der Waals surface area contributed by atoms with Crippen LogP contribution in [0.5, 0.6) is 0 Å². The normalized spacial score (nSPS) is 12.0. The zero-order valence-electron chi connectivity index (χ0n) is 7.32. The maximum Gasteiger partial charge on any atom is 0.0314 e. The lowest BCUT2D eigenvalue weighted by molar-refractivity contribution is 0.428. The van der Waals surface area contributed by atoms with Gasteiger partial charge in [0.15, 0.2) is 0 Å². The van der Waals surface area contributed by atoms with E-state index in [0.717, 1.165) is 6.42 Å². The van der Waals surface area contributed by atoms with E-state index >= 15 is 0 Å². The quantitative estimate of drug-likeness (QED) is 0.716. The molecular weight excluding hydrogens is 291 g/mol. The predicted molar refractivity (Wildman–Crippen MR) is 65.3 cm³/mol. The van der Waals surface area contributed by atoms with Crippen molar-refractivity contribution in [1.29, 1.82) is 0 Å². The summed E-state index contributed by atoms with van der Waals surface area (Å²) in [4.78, 5) is 1.32. The van der Waals surface area contributed by atoms with Crippen LogP contribution in [0.3, 0.4) is 0 Å². The third-order valence-corrected chi connectivity index (χ3v) is 5.14. The van der Waals surface area contributed by atoms with Gasteiger partial charge in [0.25, 0.3) is 0 Å². The van der Waals surface area contributed by atoms with Gasteiger partial charge in [-0.2, -0.15) is 0 Å². The molecule has 0 saturated carbocycles. The Morgan fingerprint density at radius 1 is 1.46 bits per heavy atom. The minimum atomic E-state index is 0.0104. The van der Waals surface area contributed by atoms with Crippen LogP contribution in [-0.4, -0.2) is 11.8 Å². The highest BCUT2D eigenvalue weighted by atomic mass is 79.9. The van der Waals surface area contributed by atoms with E-state index in [-0.39, 0.29) is 5.41 Å². The fourth-order valence-electron chi connectivity index (χ4n) is 0.969. The van der Waals surface area contributed by atoms with Gasteiger partial charge in [-0.15, -0.1) is 34.5 Å². The highest BCUT2D eigenvalue weighted by molar-refractivity contribution is 9.10. The molecule has 0 aliphatic carbocycles. The smallest absolute Gasteiger partial charge is 0.0314 e. The number of hydrogen-bond acceptors (Lipinski definition) is 1. The van der Waals surface area contributed by atoms with Crippen LogP contribution < -0.4 is 0 Å². The van der Waals surface area contributed by atoms with E-state index in [1.165, 1.54) is 9.35 Å². The van der Waals surface area contributed by atoms with Crippen LogP contribution in [0.25, 0.3) is 0 Å². The van der Waals surface area contributed by atoms with Gasteiger partial charge in [0, 0.05) is 21.1 Å². The summed E-state index contributed by atoms with van der Waals surface area (Å²) < 4.78 is 1.17. The monoisotopic (exact) mass is 300 g/mol. The van der Waals surface area contributed by atoms with Crippen molar-refractivity contribution in [3.8, 4) is 0 Å². The van der Waals surface area contributed by atoms with Crippen molar-refractivity contribution >= 4 is 50.5 Å². The Labute approximate surface area is 101 Å².